The van der Waals surface area contributed by atoms with Crippen LogP contribution in [0.15, 0.2) is 70.4 Å². The number of hydrogen-bond donors (Lipinski definition) is 0. The van der Waals surface area contributed by atoms with Gasteiger partial charge < -0.3 is 4.90 Å². The van der Waals surface area contributed by atoms with Crippen LogP contribution in [0.2, 0.25) is 0 Å². The predicted octanol–water partition coefficient (Wildman–Crippen LogP) is 2.75. The molecule has 0 radical (unpaired) electrons. The van der Waals surface area contributed by atoms with Crippen molar-refractivity contribution in [2.75, 3.05) is 31.1 Å². The highest BCUT2D eigenvalue weighted by Gasteiger charge is 2.27. The molecule has 3 aromatic rings. The molecule has 0 unspecified atom stereocenters. The van der Waals surface area contributed by atoms with Crippen molar-refractivity contribution in [1.29, 1.82) is 0 Å². The van der Waals surface area contributed by atoms with Crippen molar-refractivity contribution in [1.82, 2.24) is 14.1 Å². The Kier molecular flexibility index (Phi) is 5.93. The molecule has 0 bridgehead atoms. The quantitative estimate of drug-likeness (QED) is 0.626. The Morgan fingerprint density at radius 2 is 1.61 bits per heavy atom. The van der Waals surface area contributed by atoms with Crippen LogP contribution in [0.5, 0.6) is 0 Å². The smallest absolute Gasteiger partial charge is 0.271 e. The van der Waals surface area contributed by atoms with E-state index in [2.05, 4.69) is 5.10 Å². The second-order valence-corrected chi connectivity index (χ2v) is 9.71. The second kappa shape index (κ2) is 8.64. The van der Waals surface area contributed by atoms with Crippen LogP contribution in [0.25, 0.3) is 5.69 Å². The van der Waals surface area contributed by atoms with Gasteiger partial charge in [-0.05, 0) is 61.7 Å². The minimum absolute atomic E-state index is 0.205. The lowest BCUT2D eigenvalue weighted by Gasteiger charge is -2.23. The van der Waals surface area contributed by atoms with Crippen LogP contribution in [0.4, 0.5) is 5.82 Å². The zero-order chi connectivity index (χ0) is 22.0. The molecule has 162 valence electrons. The van der Waals surface area contributed by atoms with Crippen molar-refractivity contribution in [3.8, 4) is 5.69 Å². The van der Waals surface area contributed by atoms with Gasteiger partial charge in [0.2, 0.25) is 10.0 Å². The fraction of sp³-hybridized carbons (Fsp3) is 0.304. The molecular weight excluding hydrogens is 412 g/mol. The van der Waals surface area contributed by atoms with Gasteiger partial charge in [-0.2, -0.15) is 8.99 Å². The number of hydrogen-bond acceptors (Lipinski definition) is 5. The average molecular weight is 439 g/mol. The van der Waals surface area contributed by atoms with E-state index in [1.54, 1.807) is 22.5 Å². The Bertz CT molecular complexity index is 1240. The van der Waals surface area contributed by atoms with Gasteiger partial charge >= 0.3 is 0 Å². The molecular formula is C23H26N4O3S. The maximum absolute atomic E-state index is 13.2. The van der Waals surface area contributed by atoms with Crippen LogP contribution < -0.4 is 10.5 Å². The van der Waals surface area contributed by atoms with E-state index >= 15 is 0 Å². The number of nitrogens with zero attached hydrogens (tertiary/aromatic N) is 4. The molecule has 0 N–H and O–H groups in total. The lowest BCUT2D eigenvalue weighted by molar-refractivity contribution is 0.433. The summed E-state index contributed by atoms with van der Waals surface area (Å²) >= 11 is 0. The number of aryl methyl sites for hydroxylation is 2. The SMILES string of the molecule is Cc1ccc(S(=O)(=O)N2CCCN(c3ccc(=O)n(-c4ccccc4)n3)CC2)cc1C. The van der Waals surface area contributed by atoms with Crippen molar-refractivity contribution in [3.05, 3.63) is 82.1 Å². The van der Waals surface area contributed by atoms with Gasteiger partial charge in [-0.3, -0.25) is 4.79 Å². The molecule has 1 fully saturated rings. The molecule has 0 atom stereocenters. The number of sulfonamides is 1. The zero-order valence-electron chi connectivity index (χ0n) is 17.7. The number of anilines is 1. The summed E-state index contributed by atoms with van der Waals surface area (Å²) in [5.41, 5.74) is 2.53. The molecule has 0 saturated carbocycles. The lowest BCUT2D eigenvalue weighted by atomic mass is 10.1. The van der Waals surface area contributed by atoms with E-state index in [0.29, 0.717) is 49.0 Å². The Hall–Kier alpha value is -2.97. The zero-order valence-corrected chi connectivity index (χ0v) is 18.5. The topological polar surface area (TPSA) is 75.5 Å². The Balaban J connectivity index is 1.56. The molecule has 1 aliphatic heterocycles. The molecule has 2 aromatic carbocycles. The van der Waals surface area contributed by atoms with E-state index in [1.165, 1.54) is 10.7 Å². The van der Waals surface area contributed by atoms with Crippen molar-refractivity contribution in [2.24, 2.45) is 0 Å². The molecule has 1 aromatic heterocycles. The van der Waals surface area contributed by atoms with E-state index in [1.807, 2.05) is 55.1 Å². The molecule has 7 nitrogen and oxygen atoms in total. The van der Waals surface area contributed by atoms with Crippen molar-refractivity contribution in [2.45, 2.75) is 25.2 Å². The molecule has 8 heteroatoms. The van der Waals surface area contributed by atoms with Gasteiger partial charge in [0, 0.05) is 32.2 Å². The first kappa shape index (κ1) is 21.3. The first-order valence-corrected chi connectivity index (χ1v) is 11.8. The largest absolute Gasteiger partial charge is 0.354 e. The summed E-state index contributed by atoms with van der Waals surface area (Å²) in [6, 6.07) is 17.7. The summed E-state index contributed by atoms with van der Waals surface area (Å²) in [6.07, 6.45) is 0.677. The van der Waals surface area contributed by atoms with Crippen LogP contribution in [-0.2, 0) is 10.0 Å². The number of para-hydroxylation sites is 1. The normalized spacial score (nSPS) is 15.6. The molecule has 2 heterocycles. The van der Waals surface area contributed by atoms with Crippen LogP contribution in [0.1, 0.15) is 17.5 Å². The first-order valence-electron chi connectivity index (χ1n) is 10.3. The summed E-state index contributed by atoms with van der Waals surface area (Å²) in [7, 11) is -3.56. The van der Waals surface area contributed by atoms with Crippen molar-refractivity contribution >= 4 is 15.8 Å². The molecule has 4 rings (SSSR count). The van der Waals surface area contributed by atoms with Crippen LogP contribution >= 0.6 is 0 Å². The van der Waals surface area contributed by atoms with Crippen LogP contribution in [0.3, 0.4) is 0 Å². The lowest BCUT2D eigenvalue weighted by Crippen LogP contribution is -2.36. The Morgan fingerprint density at radius 3 is 2.35 bits per heavy atom. The van der Waals surface area contributed by atoms with Gasteiger partial charge in [-0.25, -0.2) is 8.42 Å². The van der Waals surface area contributed by atoms with Gasteiger partial charge in [0.05, 0.1) is 10.6 Å². The molecule has 0 aliphatic carbocycles. The van der Waals surface area contributed by atoms with Gasteiger partial charge in [0.1, 0.15) is 5.82 Å². The number of rotatable bonds is 4. The maximum Gasteiger partial charge on any atom is 0.271 e. The first-order chi connectivity index (χ1) is 14.9. The van der Waals surface area contributed by atoms with Crippen molar-refractivity contribution < 1.29 is 8.42 Å². The fourth-order valence-electron chi connectivity index (χ4n) is 3.71. The summed E-state index contributed by atoms with van der Waals surface area (Å²) < 4.78 is 29.3. The summed E-state index contributed by atoms with van der Waals surface area (Å²) in [4.78, 5) is 14.7. The number of aromatic nitrogens is 2. The molecule has 0 amide bonds. The third-order valence-electron chi connectivity index (χ3n) is 5.68. The van der Waals surface area contributed by atoms with Gasteiger partial charge in [0.15, 0.2) is 0 Å². The third-order valence-corrected chi connectivity index (χ3v) is 7.58. The van der Waals surface area contributed by atoms with E-state index in [4.69, 9.17) is 0 Å². The Morgan fingerprint density at radius 1 is 0.839 bits per heavy atom. The highest BCUT2D eigenvalue weighted by molar-refractivity contribution is 7.89. The van der Waals surface area contributed by atoms with Gasteiger partial charge in [0.25, 0.3) is 5.56 Å². The van der Waals surface area contributed by atoms with Crippen LogP contribution in [-0.4, -0.2) is 48.7 Å². The van der Waals surface area contributed by atoms with E-state index in [0.717, 1.165) is 11.1 Å². The monoisotopic (exact) mass is 438 g/mol. The number of benzene rings is 2. The standard InChI is InChI=1S/C23H26N4O3S/c1-18-9-10-21(17-19(18)2)31(29,30)26-14-6-13-25(15-16-26)22-11-12-23(28)27(24-22)20-7-4-3-5-8-20/h3-5,7-12,17H,6,13-16H2,1-2H3. The maximum atomic E-state index is 13.2. The molecule has 31 heavy (non-hydrogen) atoms. The second-order valence-electron chi connectivity index (χ2n) is 7.77. The molecule has 1 aliphatic rings. The molecule has 1 saturated heterocycles. The summed E-state index contributed by atoms with van der Waals surface area (Å²) in [6.45, 7) is 5.87. The minimum Gasteiger partial charge on any atom is -0.354 e. The minimum atomic E-state index is -3.56. The highest BCUT2D eigenvalue weighted by Crippen LogP contribution is 2.22. The third kappa shape index (κ3) is 4.40. The summed E-state index contributed by atoms with van der Waals surface area (Å²) in [5, 5.41) is 4.54. The van der Waals surface area contributed by atoms with Crippen LogP contribution in [0, 0.1) is 13.8 Å². The van der Waals surface area contributed by atoms with Gasteiger partial charge in [-0.1, -0.05) is 24.3 Å². The predicted molar refractivity (Wildman–Crippen MR) is 121 cm³/mol. The van der Waals surface area contributed by atoms with E-state index < -0.39 is 10.0 Å². The average Bonchev–Trinajstić information content (AvgIpc) is 3.03. The summed E-state index contributed by atoms with van der Waals surface area (Å²) in [5.74, 6) is 0.661. The molecule has 0 spiro atoms. The van der Waals surface area contributed by atoms with E-state index in [-0.39, 0.29) is 5.56 Å². The highest BCUT2D eigenvalue weighted by atomic mass is 32.2. The Labute approximate surface area is 182 Å². The van der Waals surface area contributed by atoms with Gasteiger partial charge in [-0.15, -0.1) is 5.10 Å². The van der Waals surface area contributed by atoms with E-state index in [9.17, 15) is 13.2 Å². The fourth-order valence-corrected chi connectivity index (χ4v) is 5.27. The van der Waals surface area contributed by atoms with Crippen molar-refractivity contribution in [3.63, 3.8) is 0 Å².